The maximum absolute atomic E-state index is 15.3. The highest BCUT2D eigenvalue weighted by Gasteiger charge is 2.53. The summed E-state index contributed by atoms with van der Waals surface area (Å²) < 4.78 is 15.3. The molecule has 4 aliphatic rings. The van der Waals surface area contributed by atoms with E-state index in [2.05, 4.69) is 72.1 Å². The second-order valence-corrected chi connectivity index (χ2v) is 12.0. The Morgan fingerprint density at radius 2 is 1.70 bits per heavy atom. The Morgan fingerprint density at radius 3 is 2.60 bits per heavy atom. The minimum Gasteiger partial charge on any atom is -0.381 e. The van der Waals surface area contributed by atoms with Crippen molar-refractivity contribution in [3.05, 3.63) is 89.3 Å². The molecule has 3 heteroatoms. The molecule has 1 saturated carbocycles. The zero-order valence-corrected chi connectivity index (χ0v) is 18.2. The third-order valence-electron chi connectivity index (χ3n) is 7.52. The summed E-state index contributed by atoms with van der Waals surface area (Å²) in [4.78, 5) is 0. The first-order chi connectivity index (χ1) is 14.8. The first-order valence-electron chi connectivity index (χ1n) is 11.4. The molecule has 0 saturated heterocycles. The average Bonchev–Trinajstić information content (AvgIpc) is 2.93. The summed E-state index contributed by atoms with van der Waals surface area (Å²) in [6.45, 7) is 0. The molecule has 2 aliphatic heterocycles. The van der Waals surface area contributed by atoms with Crippen molar-refractivity contribution in [3.63, 3.8) is 0 Å². The number of hydrogen-bond acceptors (Lipinski definition) is 2. The van der Waals surface area contributed by atoms with Gasteiger partial charge in [-0.2, -0.15) is 0 Å². The predicted octanol–water partition coefficient (Wildman–Crippen LogP) is 6.73. The molecule has 1 N–H and O–H groups in total. The fraction of sp³-hybridized carbons (Fsp3) is 0.333. The summed E-state index contributed by atoms with van der Waals surface area (Å²) in [5.74, 6) is 0.340. The van der Waals surface area contributed by atoms with Crippen LogP contribution in [0, 0.1) is 5.92 Å². The van der Waals surface area contributed by atoms with Crippen LogP contribution < -0.4 is 10.6 Å². The van der Waals surface area contributed by atoms with Crippen molar-refractivity contribution >= 4 is 23.7 Å². The Bertz CT molecular complexity index is 1130. The van der Waals surface area contributed by atoms with Crippen LogP contribution in [0.5, 0.6) is 0 Å². The molecule has 2 aromatic rings. The van der Waals surface area contributed by atoms with Gasteiger partial charge in [0.1, 0.15) is 7.14 Å². The minimum atomic E-state index is -2.76. The number of nitrogens with one attached hydrogen (secondary N) is 1. The highest BCUT2D eigenvalue weighted by Crippen LogP contribution is 2.73. The molecule has 0 bridgehead atoms. The lowest BCUT2D eigenvalue weighted by Crippen LogP contribution is -2.30. The second-order valence-electron chi connectivity index (χ2n) is 9.10. The molecule has 4 atom stereocenters. The average molecular weight is 414 g/mol. The summed E-state index contributed by atoms with van der Waals surface area (Å²) in [6, 6.07) is 19.5. The van der Waals surface area contributed by atoms with Crippen molar-refractivity contribution in [2.75, 3.05) is 5.32 Å². The van der Waals surface area contributed by atoms with Gasteiger partial charge in [0.2, 0.25) is 0 Å². The summed E-state index contributed by atoms with van der Waals surface area (Å²) in [5, 5.41) is 6.23. The van der Waals surface area contributed by atoms with E-state index in [1.54, 1.807) is 0 Å². The van der Waals surface area contributed by atoms with E-state index in [-0.39, 0.29) is 5.66 Å². The van der Waals surface area contributed by atoms with Gasteiger partial charge in [-0.3, -0.25) is 0 Å². The van der Waals surface area contributed by atoms with Crippen LogP contribution in [-0.2, 0) is 4.57 Å². The van der Waals surface area contributed by atoms with Crippen LogP contribution in [0.25, 0.3) is 5.57 Å². The van der Waals surface area contributed by atoms with Gasteiger partial charge in [-0.25, -0.2) is 0 Å². The molecule has 6 rings (SSSR count). The zero-order chi connectivity index (χ0) is 20.1. The molecule has 2 aliphatic carbocycles. The standard InChI is InChI=1S/C27H28NOP/c29-30(19-11-3-1-4-12-19)25-18-10-8-15-22(25)26-20-13-7-9-17-23(20)28-24-16-6-2-5-14-21(24)27(26)30/h1,3-4,7-13,15,17,21,24-25,28H,2,5-6,14,16,18H2. The van der Waals surface area contributed by atoms with Crippen molar-refractivity contribution in [2.45, 2.75) is 50.2 Å². The molecule has 4 unspecified atom stereocenters. The van der Waals surface area contributed by atoms with Crippen molar-refractivity contribution in [2.24, 2.45) is 5.92 Å². The normalized spacial score (nSPS) is 32.0. The highest BCUT2D eigenvalue weighted by molar-refractivity contribution is 7.77. The van der Waals surface area contributed by atoms with Gasteiger partial charge in [-0.1, -0.05) is 86.0 Å². The number of anilines is 1. The molecule has 30 heavy (non-hydrogen) atoms. The van der Waals surface area contributed by atoms with Crippen LogP contribution in [0.3, 0.4) is 0 Å². The topological polar surface area (TPSA) is 29.1 Å². The molecular weight excluding hydrogens is 385 g/mol. The summed E-state index contributed by atoms with van der Waals surface area (Å²) in [5.41, 5.74) is 5.16. The van der Waals surface area contributed by atoms with Crippen LogP contribution in [0.2, 0.25) is 0 Å². The lowest BCUT2D eigenvalue weighted by Gasteiger charge is -2.33. The van der Waals surface area contributed by atoms with Gasteiger partial charge < -0.3 is 9.88 Å². The van der Waals surface area contributed by atoms with Gasteiger partial charge in [-0.05, 0) is 36.5 Å². The van der Waals surface area contributed by atoms with E-state index >= 15 is 4.57 Å². The third kappa shape index (κ3) is 2.59. The molecule has 0 amide bonds. The SMILES string of the molecule is O=P1(c2ccccc2)C2=C(C3=CC=CCC31)c1ccccc1NC1CCCCCC21. The quantitative estimate of drug-likeness (QED) is 0.525. The Hall–Kier alpha value is -2.31. The van der Waals surface area contributed by atoms with Gasteiger partial charge in [0.15, 0.2) is 0 Å². The number of fused-ring (bicyclic) bond motifs is 6. The fourth-order valence-corrected chi connectivity index (χ4v) is 10.2. The molecule has 1 fully saturated rings. The first kappa shape index (κ1) is 18.5. The van der Waals surface area contributed by atoms with E-state index in [1.807, 2.05) is 6.07 Å². The van der Waals surface area contributed by atoms with E-state index in [0.29, 0.717) is 12.0 Å². The van der Waals surface area contributed by atoms with Crippen molar-refractivity contribution in [3.8, 4) is 0 Å². The number of allylic oxidation sites excluding steroid dienone is 5. The van der Waals surface area contributed by atoms with E-state index in [9.17, 15) is 0 Å². The van der Waals surface area contributed by atoms with Crippen LogP contribution >= 0.6 is 7.14 Å². The Balaban J connectivity index is 1.69. The van der Waals surface area contributed by atoms with E-state index in [0.717, 1.165) is 24.6 Å². The summed E-state index contributed by atoms with van der Waals surface area (Å²) in [6.07, 6.45) is 13.6. The second kappa shape index (κ2) is 7.13. The Kier molecular flexibility index (Phi) is 4.39. The smallest absolute Gasteiger partial charge is 0.147 e. The van der Waals surface area contributed by atoms with E-state index < -0.39 is 7.14 Å². The molecule has 0 aromatic heterocycles. The first-order valence-corrected chi connectivity index (χ1v) is 13.2. The van der Waals surface area contributed by atoms with Crippen LogP contribution in [0.1, 0.15) is 44.1 Å². The van der Waals surface area contributed by atoms with E-state index in [1.165, 1.54) is 47.0 Å². The third-order valence-corrected chi connectivity index (χ3v) is 11.2. The van der Waals surface area contributed by atoms with Gasteiger partial charge in [-0.15, -0.1) is 0 Å². The van der Waals surface area contributed by atoms with Crippen molar-refractivity contribution < 1.29 is 4.57 Å². The summed E-state index contributed by atoms with van der Waals surface area (Å²) in [7, 11) is -2.76. The maximum Gasteiger partial charge on any atom is 0.147 e. The molecular formula is C27H28NOP. The van der Waals surface area contributed by atoms with Gasteiger partial charge >= 0.3 is 0 Å². The Labute approximate surface area is 179 Å². The lowest BCUT2D eigenvalue weighted by atomic mass is 9.87. The molecule has 2 aromatic carbocycles. The van der Waals surface area contributed by atoms with Crippen molar-refractivity contribution in [1.29, 1.82) is 0 Å². The van der Waals surface area contributed by atoms with Gasteiger partial charge in [0.05, 0.1) is 0 Å². The summed E-state index contributed by atoms with van der Waals surface area (Å²) >= 11 is 0. The van der Waals surface area contributed by atoms with Crippen molar-refractivity contribution in [1.82, 2.24) is 0 Å². The number of para-hydroxylation sites is 1. The van der Waals surface area contributed by atoms with Gasteiger partial charge in [0.25, 0.3) is 0 Å². The van der Waals surface area contributed by atoms with Crippen LogP contribution in [-0.4, -0.2) is 11.7 Å². The molecule has 2 nitrogen and oxygen atoms in total. The highest BCUT2D eigenvalue weighted by atomic mass is 31.2. The number of hydrogen-bond donors (Lipinski definition) is 1. The molecule has 0 radical (unpaired) electrons. The predicted molar refractivity (Wildman–Crippen MR) is 127 cm³/mol. The zero-order valence-electron chi connectivity index (χ0n) is 17.3. The molecule has 2 heterocycles. The number of rotatable bonds is 1. The maximum atomic E-state index is 15.3. The van der Waals surface area contributed by atoms with E-state index in [4.69, 9.17) is 0 Å². The monoisotopic (exact) mass is 413 g/mol. The lowest BCUT2D eigenvalue weighted by molar-refractivity contribution is 0.492. The minimum absolute atomic E-state index is 0.0879. The van der Waals surface area contributed by atoms with Gasteiger partial charge in [0, 0.05) is 39.5 Å². The largest absolute Gasteiger partial charge is 0.381 e. The Morgan fingerprint density at radius 1 is 0.900 bits per heavy atom. The molecule has 0 spiro atoms. The number of benzene rings is 2. The molecule has 152 valence electrons. The fourth-order valence-electron chi connectivity index (χ4n) is 6.22. The van der Waals surface area contributed by atoms with Crippen LogP contribution in [0.15, 0.2) is 83.7 Å². The van der Waals surface area contributed by atoms with Crippen LogP contribution in [0.4, 0.5) is 5.69 Å².